The molecule has 17 heavy (non-hydrogen) atoms. The number of rotatable bonds is 3. The molecule has 94 valence electrons. The molecule has 0 aromatic heterocycles. The topological polar surface area (TPSA) is 12.0 Å². The van der Waals surface area contributed by atoms with Crippen LogP contribution in [0.5, 0.6) is 0 Å². The summed E-state index contributed by atoms with van der Waals surface area (Å²) in [6.07, 6.45) is 1.31. The molecule has 1 N–H and O–H groups in total. The normalized spacial score (nSPS) is 22.4. The Labute approximate surface area is 99.0 Å². The molecule has 0 saturated carbocycles. The molecule has 1 aromatic carbocycles. The zero-order chi connectivity index (χ0) is 12.3. The lowest BCUT2D eigenvalue weighted by Gasteiger charge is -2.26. The van der Waals surface area contributed by atoms with E-state index in [4.69, 9.17) is 0 Å². The molecule has 1 aliphatic heterocycles. The summed E-state index contributed by atoms with van der Waals surface area (Å²) in [5, 5.41) is 3.06. The molecule has 1 heterocycles. The van der Waals surface area contributed by atoms with E-state index in [2.05, 4.69) is 5.32 Å². The minimum Gasteiger partial charge on any atom is -0.311 e. The molecule has 2 rings (SSSR count). The van der Waals surface area contributed by atoms with Crippen molar-refractivity contribution in [2.45, 2.75) is 37.9 Å². The highest BCUT2D eigenvalue weighted by Gasteiger charge is 2.25. The number of nitrogens with one attached hydrogen (secondary N) is 1. The lowest BCUT2D eigenvalue weighted by molar-refractivity contribution is 0.214. The van der Waals surface area contributed by atoms with E-state index in [0.717, 1.165) is 25.8 Å². The van der Waals surface area contributed by atoms with Crippen LogP contribution in [0.15, 0.2) is 18.2 Å². The monoisotopic (exact) mass is 243 g/mol. The largest absolute Gasteiger partial charge is 0.311 e. The molecule has 0 spiro atoms. The Kier molecular flexibility index (Phi) is 4.05. The first kappa shape index (κ1) is 12.4. The van der Waals surface area contributed by atoms with Crippen LogP contribution in [-0.2, 0) is 6.42 Å². The van der Waals surface area contributed by atoms with Crippen molar-refractivity contribution < 1.29 is 13.2 Å². The van der Waals surface area contributed by atoms with Crippen molar-refractivity contribution >= 4 is 0 Å². The average Bonchev–Trinajstić information content (AvgIpc) is 2.35. The van der Waals surface area contributed by atoms with Crippen molar-refractivity contribution in [1.82, 2.24) is 5.32 Å². The summed E-state index contributed by atoms with van der Waals surface area (Å²) in [6.45, 7) is 0.783. The molecule has 1 aliphatic rings. The summed E-state index contributed by atoms with van der Waals surface area (Å²) in [7, 11) is 0. The van der Waals surface area contributed by atoms with Gasteiger partial charge in [-0.05, 0) is 31.5 Å². The maximum Gasteiger partial charge on any atom is 0.129 e. The summed E-state index contributed by atoms with van der Waals surface area (Å²) in [4.78, 5) is 0. The first-order chi connectivity index (χ1) is 8.18. The lowest BCUT2D eigenvalue weighted by Crippen LogP contribution is -2.42. The van der Waals surface area contributed by atoms with Crippen LogP contribution in [0.1, 0.15) is 24.8 Å². The Morgan fingerprint density at radius 3 is 2.53 bits per heavy atom. The Bertz CT molecular complexity index is 355. The molecule has 1 fully saturated rings. The van der Waals surface area contributed by atoms with Crippen molar-refractivity contribution in [3.63, 3.8) is 0 Å². The van der Waals surface area contributed by atoms with Gasteiger partial charge in [0, 0.05) is 18.0 Å². The van der Waals surface area contributed by atoms with Gasteiger partial charge in [0.25, 0.3) is 0 Å². The van der Waals surface area contributed by atoms with Crippen molar-refractivity contribution in [2.75, 3.05) is 6.54 Å². The fourth-order valence-corrected chi connectivity index (χ4v) is 2.25. The molecule has 2 unspecified atom stereocenters. The third-order valence-corrected chi connectivity index (χ3v) is 3.25. The van der Waals surface area contributed by atoms with Crippen LogP contribution in [0.25, 0.3) is 0 Å². The molecule has 1 nitrogen and oxygen atoms in total. The zero-order valence-corrected chi connectivity index (χ0v) is 9.56. The van der Waals surface area contributed by atoms with Crippen molar-refractivity contribution in [3.8, 4) is 0 Å². The second kappa shape index (κ2) is 5.54. The second-order valence-corrected chi connectivity index (χ2v) is 4.48. The van der Waals surface area contributed by atoms with E-state index in [1.54, 1.807) is 0 Å². The maximum atomic E-state index is 13.9. The van der Waals surface area contributed by atoms with Gasteiger partial charge in [0.05, 0.1) is 0 Å². The Hall–Kier alpha value is -1.03. The summed E-state index contributed by atoms with van der Waals surface area (Å²) >= 11 is 0. The summed E-state index contributed by atoms with van der Waals surface area (Å²) in [5.74, 6) is -1.33. The molecule has 1 saturated heterocycles. The Morgan fingerprint density at radius 2 is 1.94 bits per heavy atom. The second-order valence-electron chi connectivity index (χ2n) is 4.48. The number of benzene rings is 1. The molecular formula is C13H16F3N. The number of hydrogen-bond acceptors (Lipinski definition) is 1. The van der Waals surface area contributed by atoms with Crippen molar-refractivity contribution in [3.05, 3.63) is 35.4 Å². The van der Waals surface area contributed by atoms with Crippen LogP contribution >= 0.6 is 0 Å². The molecule has 1 aromatic rings. The van der Waals surface area contributed by atoms with Crippen LogP contribution in [0, 0.1) is 11.6 Å². The van der Waals surface area contributed by atoms with Crippen LogP contribution in [0.2, 0.25) is 0 Å². The van der Waals surface area contributed by atoms with Gasteiger partial charge < -0.3 is 5.32 Å². The molecular weight excluding hydrogens is 227 g/mol. The Morgan fingerprint density at radius 1 is 1.24 bits per heavy atom. The number of piperidine rings is 1. The van der Waals surface area contributed by atoms with E-state index in [-0.39, 0.29) is 18.0 Å². The molecule has 0 bridgehead atoms. The van der Waals surface area contributed by atoms with Crippen LogP contribution < -0.4 is 5.32 Å². The highest BCUT2D eigenvalue weighted by Crippen LogP contribution is 2.20. The number of halogens is 3. The van der Waals surface area contributed by atoms with Gasteiger partial charge in [-0.25, -0.2) is 13.2 Å². The first-order valence-corrected chi connectivity index (χ1v) is 5.99. The predicted molar refractivity (Wildman–Crippen MR) is 60.6 cm³/mol. The zero-order valence-electron chi connectivity index (χ0n) is 9.56. The van der Waals surface area contributed by atoms with Gasteiger partial charge in [0.15, 0.2) is 0 Å². The molecule has 4 heteroatoms. The van der Waals surface area contributed by atoms with Crippen LogP contribution in [0.3, 0.4) is 0 Å². The van der Waals surface area contributed by atoms with Gasteiger partial charge in [-0.15, -0.1) is 0 Å². The number of alkyl halides is 1. The van der Waals surface area contributed by atoms with E-state index in [0.29, 0.717) is 0 Å². The quantitative estimate of drug-likeness (QED) is 0.860. The van der Waals surface area contributed by atoms with Gasteiger partial charge in [0.2, 0.25) is 0 Å². The summed E-state index contributed by atoms with van der Waals surface area (Å²) in [6, 6.07) is 3.35. The van der Waals surface area contributed by atoms with E-state index < -0.39 is 17.8 Å². The predicted octanol–water partition coefficient (Wildman–Crippen LogP) is 2.99. The van der Waals surface area contributed by atoms with Crippen LogP contribution in [-0.4, -0.2) is 18.8 Å². The van der Waals surface area contributed by atoms with Gasteiger partial charge in [0.1, 0.15) is 17.8 Å². The fraction of sp³-hybridized carbons (Fsp3) is 0.538. The highest BCUT2D eigenvalue weighted by molar-refractivity contribution is 5.20. The van der Waals surface area contributed by atoms with E-state index >= 15 is 0 Å². The van der Waals surface area contributed by atoms with Gasteiger partial charge in [-0.2, -0.15) is 0 Å². The highest BCUT2D eigenvalue weighted by atomic mass is 19.1. The fourth-order valence-electron chi connectivity index (χ4n) is 2.25. The maximum absolute atomic E-state index is 13.9. The smallest absolute Gasteiger partial charge is 0.129 e. The molecule has 2 atom stereocenters. The minimum absolute atomic E-state index is 0.146. The van der Waals surface area contributed by atoms with Gasteiger partial charge in [-0.1, -0.05) is 12.5 Å². The Balaban J connectivity index is 2.04. The van der Waals surface area contributed by atoms with E-state index in [1.165, 1.54) is 18.2 Å². The minimum atomic E-state index is -1.23. The summed E-state index contributed by atoms with van der Waals surface area (Å²) in [5.41, 5.74) is -0.146. The van der Waals surface area contributed by atoms with Crippen molar-refractivity contribution in [1.29, 1.82) is 0 Å². The molecule has 0 radical (unpaired) electrons. The van der Waals surface area contributed by atoms with Gasteiger partial charge in [-0.3, -0.25) is 0 Å². The average molecular weight is 243 g/mol. The third-order valence-electron chi connectivity index (χ3n) is 3.25. The van der Waals surface area contributed by atoms with Crippen molar-refractivity contribution in [2.24, 2.45) is 0 Å². The van der Waals surface area contributed by atoms with E-state index in [9.17, 15) is 13.2 Å². The summed E-state index contributed by atoms with van der Waals surface area (Å²) < 4.78 is 40.6. The van der Waals surface area contributed by atoms with Gasteiger partial charge >= 0.3 is 0 Å². The lowest BCUT2D eigenvalue weighted by atomic mass is 9.96. The third kappa shape index (κ3) is 3.00. The van der Waals surface area contributed by atoms with Crippen LogP contribution in [0.4, 0.5) is 13.2 Å². The first-order valence-electron chi connectivity index (χ1n) is 5.99. The van der Waals surface area contributed by atoms with E-state index in [1.807, 2.05) is 0 Å². The molecule has 0 amide bonds. The SMILES string of the molecule is Fc1cccc(F)c1CC(F)C1CCCCN1. The molecule has 0 aliphatic carbocycles. The standard InChI is InChI=1S/C13H16F3N/c14-10-4-3-5-11(15)9(10)8-12(16)13-6-1-2-7-17-13/h3-5,12-13,17H,1-2,6-8H2. The number of hydrogen-bond donors (Lipinski definition) is 1.